The summed E-state index contributed by atoms with van der Waals surface area (Å²) < 4.78 is 0. The molecule has 0 saturated carbocycles. The third-order valence-electron chi connectivity index (χ3n) is 5.98. The van der Waals surface area contributed by atoms with Crippen molar-refractivity contribution in [2.45, 2.75) is 64.5 Å². The SMILES string of the molecule is CCCCCC1CN(CC(=O)NCCCCO)C(=O)C2=CC(c3ccc(C)cc3)NN21. The predicted molar refractivity (Wildman–Crippen MR) is 121 cm³/mol. The second kappa shape index (κ2) is 11.3. The molecule has 2 atom stereocenters. The highest BCUT2D eigenvalue weighted by Crippen LogP contribution is 2.32. The van der Waals surface area contributed by atoms with Gasteiger partial charge in [0.1, 0.15) is 5.70 Å². The molecule has 2 heterocycles. The normalized spacial score (nSPS) is 20.6. The first kappa shape index (κ1) is 23.3. The number of aliphatic hydroxyl groups is 1. The van der Waals surface area contributed by atoms with Crippen molar-refractivity contribution in [1.82, 2.24) is 20.7 Å². The van der Waals surface area contributed by atoms with Gasteiger partial charge in [0, 0.05) is 19.7 Å². The van der Waals surface area contributed by atoms with Crippen LogP contribution in [0.2, 0.25) is 0 Å². The molecule has 2 aliphatic heterocycles. The number of carbonyl (C=O) groups is 2. The number of amides is 2. The Balaban J connectivity index is 1.71. The maximum Gasteiger partial charge on any atom is 0.271 e. The van der Waals surface area contributed by atoms with Crippen LogP contribution >= 0.6 is 0 Å². The summed E-state index contributed by atoms with van der Waals surface area (Å²) in [4.78, 5) is 27.2. The van der Waals surface area contributed by atoms with Crippen LogP contribution < -0.4 is 10.7 Å². The Morgan fingerprint density at radius 3 is 2.68 bits per heavy atom. The molecular formula is C24H36N4O3. The van der Waals surface area contributed by atoms with Gasteiger partial charge in [0.2, 0.25) is 5.91 Å². The molecular weight excluding hydrogens is 392 g/mol. The number of hydrogen-bond acceptors (Lipinski definition) is 5. The molecule has 1 saturated heterocycles. The molecule has 1 fully saturated rings. The van der Waals surface area contributed by atoms with Gasteiger partial charge in [-0.3, -0.25) is 14.6 Å². The third-order valence-corrected chi connectivity index (χ3v) is 5.98. The molecule has 1 aromatic carbocycles. The van der Waals surface area contributed by atoms with Gasteiger partial charge in [-0.15, -0.1) is 0 Å². The molecule has 7 heteroatoms. The number of hydrazine groups is 1. The van der Waals surface area contributed by atoms with Crippen LogP contribution in [0.3, 0.4) is 0 Å². The fraction of sp³-hybridized carbons (Fsp3) is 0.583. The molecule has 1 aromatic rings. The zero-order chi connectivity index (χ0) is 22.2. The lowest BCUT2D eigenvalue weighted by Crippen LogP contribution is -2.58. The quantitative estimate of drug-likeness (QED) is 0.472. The van der Waals surface area contributed by atoms with Crippen LogP contribution in [0, 0.1) is 6.92 Å². The van der Waals surface area contributed by atoms with E-state index in [1.807, 2.05) is 11.1 Å². The maximum atomic E-state index is 13.2. The number of rotatable bonds is 11. The average molecular weight is 429 g/mol. The van der Waals surface area contributed by atoms with Crippen LogP contribution in [0.25, 0.3) is 0 Å². The smallest absolute Gasteiger partial charge is 0.271 e. The van der Waals surface area contributed by atoms with Gasteiger partial charge in [-0.25, -0.2) is 5.43 Å². The van der Waals surface area contributed by atoms with E-state index in [1.54, 1.807) is 4.90 Å². The van der Waals surface area contributed by atoms with Gasteiger partial charge in [-0.1, -0.05) is 56.0 Å². The second-order valence-corrected chi connectivity index (χ2v) is 8.56. The lowest BCUT2D eigenvalue weighted by molar-refractivity contribution is -0.138. The first-order chi connectivity index (χ1) is 15.0. The summed E-state index contributed by atoms with van der Waals surface area (Å²) in [6.45, 7) is 5.50. The molecule has 2 amide bonds. The first-order valence-electron chi connectivity index (χ1n) is 11.5. The van der Waals surface area contributed by atoms with Gasteiger partial charge in [-0.2, -0.15) is 0 Å². The predicted octanol–water partition coefficient (Wildman–Crippen LogP) is 2.42. The van der Waals surface area contributed by atoms with Crippen molar-refractivity contribution >= 4 is 11.8 Å². The Kier molecular flexibility index (Phi) is 8.49. The van der Waals surface area contributed by atoms with Crippen molar-refractivity contribution in [1.29, 1.82) is 0 Å². The van der Waals surface area contributed by atoms with Crippen LogP contribution in [0.15, 0.2) is 36.0 Å². The van der Waals surface area contributed by atoms with Crippen molar-refractivity contribution in [2.24, 2.45) is 0 Å². The summed E-state index contributed by atoms with van der Waals surface area (Å²) in [7, 11) is 0. The summed E-state index contributed by atoms with van der Waals surface area (Å²) >= 11 is 0. The zero-order valence-corrected chi connectivity index (χ0v) is 18.8. The third kappa shape index (κ3) is 6.08. The standard InChI is InChI=1S/C24H36N4O3/c1-3-4-5-8-20-16-27(17-23(30)25-13-6-7-14-29)24(31)22-15-21(26-28(20)22)19-11-9-18(2)10-12-19/h9-12,15,20-21,26,29H,3-8,13-14,16-17H2,1-2H3,(H,25,30). The fourth-order valence-electron chi connectivity index (χ4n) is 4.18. The number of aliphatic hydroxyl groups excluding tert-OH is 1. The molecule has 2 unspecified atom stereocenters. The lowest BCUT2D eigenvalue weighted by atomic mass is 10.0. The molecule has 170 valence electrons. The molecule has 31 heavy (non-hydrogen) atoms. The van der Waals surface area contributed by atoms with Crippen LogP contribution in [-0.4, -0.2) is 59.1 Å². The summed E-state index contributed by atoms with van der Waals surface area (Å²) in [5.74, 6) is -0.243. The first-order valence-corrected chi connectivity index (χ1v) is 11.5. The van der Waals surface area contributed by atoms with Crippen LogP contribution in [0.4, 0.5) is 0 Å². The summed E-state index contributed by atoms with van der Waals surface area (Å²) in [6.07, 6.45) is 7.76. The van der Waals surface area contributed by atoms with Crippen molar-refractivity contribution in [2.75, 3.05) is 26.2 Å². The number of nitrogens with zero attached hydrogens (tertiary/aromatic N) is 2. The van der Waals surface area contributed by atoms with Crippen molar-refractivity contribution in [3.63, 3.8) is 0 Å². The van der Waals surface area contributed by atoms with E-state index in [1.165, 1.54) is 5.56 Å². The highest BCUT2D eigenvalue weighted by atomic mass is 16.3. The Morgan fingerprint density at radius 1 is 1.19 bits per heavy atom. The molecule has 3 rings (SSSR count). The van der Waals surface area contributed by atoms with Gasteiger partial charge >= 0.3 is 0 Å². The van der Waals surface area contributed by atoms with Crippen molar-refractivity contribution < 1.29 is 14.7 Å². The molecule has 7 nitrogen and oxygen atoms in total. The second-order valence-electron chi connectivity index (χ2n) is 8.56. The number of hydrogen-bond donors (Lipinski definition) is 3. The highest BCUT2D eigenvalue weighted by molar-refractivity contribution is 5.96. The van der Waals surface area contributed by atoms with Crippen molar-refractivity contribution in [3.8, 4) is 0 Å². The molecule has 0 aliphatic carbocycles. The molecule has 0 bridgehead atoms. The van der Waals surface area contributed by atoms with Gasteiger partial charge < -0.3 is 15.3 Å². The molecule has 2 aliphatic rings. The van der Waals surface area contributed by atoms with E-state index in [4.69, 9.17) is 5.11 Å². The molecule has 0 spiro atoms. The van der Waals surface area contributed by atoms with Crippen LogP contribution in [-0.2, 0) is 9.59 Å². The fourth-order valence-corrected chi connectivity index (χ4v) is 4.18. The number of piperazine rings is 1. The number of carbonyl (C=O) groups excluding carboxylic acids is 2. The summed E-state index contributed by atoms with van der Waals surface area (Å²) in [5.41, 5.74) is 6.50. The van der Waals surface area contributed by atoms with E-state index in [2.05, 4.69) is 48.9 Å². The van der Waals surface area contributed by atoms with Gasteiger partial charge in [0.25, 0.3) is 5.91 Å². The van der Waals surface area contributed by atoms with Crippen LogP contribution in [0.1, 0.15) is 62.6 Å². The topological polar surface area (TPSA) is 84.9 Å². The summed E-state index contributed by atoms with van der Waals surface area (Å²) in [5, 5.41) is 13.8. The van der Waals surface area contributed by atoms with E-state index >= 15 is 0 Å². The number of aryl methyl sites for hydroxylation is 1. The highest BCUT2D eigenvalue weighted by Gasteiger charge is 2.41. The van der Waals surface area contributed by atoms with Crippen molar-refractivity contribution in [3.05, 3.63) is 47.2 Å². The van der Waals surface area contributed by atoms with E-state index in [0.717, 1.165) is 37.7 Å². The van der Waals surface area contributed by atoms with Gasteiger partial charge in [0.15, 0.2) is 0 Å². The number of benzene rings is 1. The van der Waals surface area contributed by atoms with E-state index in [-0.39, 0.29) is 37.0 Å². The van der Waals surface area contributed by atoms with E-state index in [0.29, 0.717) is 25.2 Å². The van der Waals surface area contributed by atoms with Gasteiger partial charge in [0.05, 0.1) is 18.6 Å². The molecule has 0 radical (unpaired) electrons. The number of fused-ring (bicyclic) bond motifs is 1. The minimum absolute atomic E-state index is 0.0412. The van der Waals surface area contributed by atoms with E-state index in [9.17, 15) is 9.59 Å². The average Bonchev–Trinajstić information content (AvgIpc) is 3.21. The zero-order valence-electron chi connectivity index (χ0n) is 18.8. The lowest BCUT2D eigenvalue weighted by Gasteiger charge is -2.41. The Hall–Kier alpha value is -2.38. The monoisotopic (exact) mass is 428 g/mol. The Bertz CT molecular complexity index is 778. The molecule has 3 N–H and O–H groups in total. The Morgan fingerprint density at radius 2 is 1.97 bits per heavy atom. The number of nitrogens with one attached hydrogen (secondary N) is 2. The number of unbranched alkanes of at least 4 members (excludes halogenated alkanes) is 3. The Labute approximate surface area is 185 Å². The minimum Gasteiger partial charge on any atom is -0.396 e. The minimum atomic E-state index is -0.145. The molecule has 0 aromatic heterocycles. The summed E-state index contributed by atoms with van der Waals surface area (Å²) in [6, 6.07) is 8.46. The van der Waals surface area contributed by atoms with Crippen LogP contribution in [0.5, 0.6) is 0 Å². The maximum absolute atomic E-state index is 13.2. The largest absolute Gasteiger partial charge is 0.396 e. The van der Waals surface area contributed by atoms with Gasteiger partial charge in [-0.05, 0) is 37.8 Å². The van der Waals surface area contributed by atoms with E-state index < -0.39 is 0 Å².